The fraction of sp³-hybridized carbons (Fsp3) is 0.250. The fourth-order valence-electron chi connectivity index (χ4n) is 1.29. The molecule has 1 aromatic rings. The standard InChI is InChI=1S/C12H14FNO3/c1-4-12(15)14-7-8-5-10(16-2)11(17-3)6-9(8)13/h4-6H,1,7H2,2-3H3,(H,14,15). The summed E-state index contributed by atoms with van der Waals surface area (Å²) in [5.41, 5.74) is 0.317. The van der Waals surface area contributed by atoms with E-state index in [1.54, 1.807) is 0 Å². The summed E-state index contributed by atoms with van der Waals surface area (Å²) in [5, 5.41) is 2.48. The van der Waals surface area contributed by atoms with Gasteiger partial charge < -0.3 is 14.8 Å². The lowest BCUT2D eigenvalue weighted by molar-refractivity contribution is -0.116. The molecule has 0 saturated heterocycles. The highest BCUT2D eigenvalue weighted by molar-refractivity contribution is 5.86. The van der Waals surface area contributed by atoms with Crippen LogP contribution in [0.25, 0.3) is 0 Å². The molecule has 0 aliphatic heterocycles. The van der Waals surface area contributed by atoms with Crippen molar-refractivity contribution in [1.82, 2.24) is 5.32 Å². The molecule has 1 N–H and O–H groups in total. The van der Waals surface area contributed by atoms with E-state index in [1.165, 1.54) is 26.4 Å². The van der Waals surface area contributed by atoms with Crippen LogP contribution >= 0.6 is 0 Å². The van der Waals surface area contributed by atoms with Gasteiger partial charge in [0.2, 0.25) is 5.91 Å². The van der Waals surface area contributed by atoms with E-state index in [9.17, 15) is 9.18 Å². The van der Waals surface area contributed by atoms with Gasteiger partial charge in [0, 0.05) is 18.2 Å². The van der Waals surface area contributed by atoms with Gasteiger partial charge in [-0.1, -0.05) is 6.58 Å². The number of nitrogens with one attached hydrogen (secondary N) is 1. The van der Waals surface area contributed by atoms with Crippen LogP contribution in [0.2, 0.25) is 0 Å². The SMILES string of the molecule is C=CC(=O)NCc1cc(OC)c(OC)cc1F. The first-order valence-corrected chi connectivity index (χ1v) is 4.93. The van der Waals surface area contributed by atoms with Gasteiger partial charge in [0.1, 0.15) is 5.82 Å². The highest BCUT2D eigenvalue weighted by Crippen LogP contribution is 2.29. The lowest BCUT2D eigenvalue weighted by Gasteiger charge is -2.11. The molecule has 92 valence electrons. The van der Waals surface area contributed by atoms with Gasteiger partial charge in [0.15, 0.2) is 11.5 Å². The third kappa shape index (κ3) is 3.21. The van der Waals surface area contributed by atoms with Crippen LogP contribution in [0.3, 0.4) is 0 Å². The maximum Gasteiger partial charge on any atom is 0.243 e. The first-order chi connectivity index (χ1) is 8.12. The highest BCUT2D eigenvalue weighted by Gasteiger charge is 2.11. The second-order valence-electron chi connectivity index (χ2n) is 3.22. The van der Waals surface area contributed by atoms with Crippen LogP contribution in [0.15, 0.2) is 24.8 Å². The van der Waals surface area contributed by atoms with E-state index in [0.29, 0.717) is 17.1 Å². The molecule has 5 heteroatoms. The van der Waals surface area contributed by atoms with Crippen LogP contribution in [-0.2, 0) is 11.3 Å². The summed E-state index contributed by atoms with van der Waals surface area (Å²) < 4.78 is 23.6. The van der Waals surface area contributed by atoms with Gasteiger partial charge in [-0.25, -0.2) is 4.39 Å². The maximum absolute atomic E-state index is 13.6. The molecule has 17 heavy (non-hydrogen) atoms. The van der Waals surface area contributed by atoms with Crippen molar-refractivity contribution >= 4 is 5.91 Å². The van der Waals surface area contributed by atoms with Crippen molar-refractivity contribution in [3.8, 4) is 11.5 Å². The van der Waals surface area contributed by atoms with Crippen LogP contribution in [-0.4, -0.2) is 20.1 Å². The van der Waals surface area contributed by atoms with E-state index in [2.05, 4.69) is 11.9 Å². The van der Waals surface area contributed by atoms with Gasteiger partial charge >= 0.3 is 0 Å². The number of carbonyl (C=O) groups is 1. The van der Waals surface area contributed by atoms with E-state index >= 15 is 0 Å². The van der Waals surface area contributed by atoms with Crippen LogP contribution in [0.1, 0.15) is 5.56 Å². The number of methoxy groups -OCH3 is 2. The van der Waals surface area contributed by atoms with Crippen LogP contribution in [0, 0.1) is 5.82 Å². The number of ether oxygens (including phenoxy) is 2. The molecule has 0 saturated carbocycles. The van der Waals surface area contributed by atoms with Crippen molar-refractivity contribution in [2.24, 2.45) is 0 Å². The number of amides is 1. The zero-order valence-corrected chi connectivity index (χ0v) is 9.75. The summed E-state index contributed by atoms with van der Waals surface area (Å²) in [6.07, 6.45) is 1.12. The molecule has 0 spiro atoms. The minimum absolute atomic E-state index is 0.0665. The zero-order valence-electron chi connectivity index (χ0n) is 9.75. The largest absolute Gasteiger partial charge is 0.493 e. The molecular formula is C12H14FNO3. The van der Waals surface area contributed by atoms with Crippen molar-refractivity contribution in [3.63, 3.8) is 0 Å². The van der Waals surface area contributed by atoms with Gasteiger partial charge in [-0.15, -0.1) is 0 Å². The Morgan fingerprint density at radius 1 is 1.41 bits per heavy atom. The lowest BCUT2D eigenvalue weighted by atomic mass is 10.2. The molecule has 0 radical (unpaired) electrons. The number of hydrogen-bond acceptors (Lipinski definition) is 3. The summed E-state index contributed by atoms with van der Waals surface area (Å²) in [7, 11) is 2.89. The van der Waals surface area contributed by atoms with Crippen LogP contribution in [0.4, 0.5) is 4.39 Å². The number of halogens is 1. The molecule has 0 bridgehead atoms. The van der Waals surface area contributed by atoms with Crippen LogP contribution < -0.4 is 14.8 Å². The molecule has 1 amide bonds. The minimum Gasteiger partial charge on any atom is -0.493 e. The second kappa shape index (κ2) is 5.89. The Morgan fingerprint density at radius 3 is 2.53 bits per heavy atom. The first-order valence-electron chi connectivity index (χ1n) is 4.93. The van der Waals surface area contributed by atoms with Crippen LogP contribution in [0.5, 0.6) is 11.5 Å². The lowest BCUT2D eigenvalue weighted by Crippen LogP contribution is -2.20. The van der Waals surface area contributed by atoms with Crippen molar-refractivity contribution in [3.05, 3.63) is 36.2 Å². The van der Waals surface area contributed by atoms with E-state index in [0.717, 1.165) is 6.08 Å². The quantitative estimate of drug-likeness (QED) is 0.795. The summed E-state index contributed by atoms with van der Waals surface area (Å²) in [6.45, 7) is 3.37. The molecule has 0 heterocycles. The third-order valence-electron chi connectivity index (χ3n) is 2.19. The third-order valence-corrected chi connectivity index (χ3v) is 2.19. The van der Waals surface area contributed by atoms with E-state index in [-0.39, 0.29) is 12.5 Å². The summed E-state index contributed by atoms with van der Waals surface area (Å²) >= 11 is 0. The Balaban J connectivity index is 2.92. The first kappa shape index (κ1) is 13.0. The van der Waals surface area contributed by atoms with Gasteiger partial charge in [-0.3, -0.25) is 4.79 Å². The molecule has 4 nitrogen and oxygen atoms in total. The predicted octanol–water partition coefficient (Wildman–Crippen LogP) is 1.65. The second-order valence-corrected chi connectivity index (χ2v) is 3.22. The molecule has 0 aliphatic rings. The molecule has 0 atom stereocenters. The topological polar surface area (TPSA) is 47.6 Å². The minimum atomic E-state index is -0.466. The molecule has 1 aromatic carbocycles. The maximum atomic E-state index is 13.6. The van der Waals surface area contributed by atoms with Crippen molar-refractivity contribution in [2.45, 2.75) is 6.54 Å². The molecular weight excluding hydrogens is 225 g/mol. The normalized spacial score (nSPS) is 9.59. The molecule has 0 unspecified atom stereocenters. The zero-order chi connectivity index (χ0) is 12.8. The van der Waals surface area contributed by atoms with Gasteiger partial charge in [-0.05, 0) is 12.1 Å². The van der Waals surface area contributed by atoms with E-state index < -0.39 is 5.82 Å². The summed E-state index contributed by atoms with van der Waals surface area (Å²) in [5.74, 6) is -0.105. The van der Waals surface area contributed by atoms with Crippen molar-refractivity contribution < 1.29 is 18.7 Å². The Labute approximate surface area is 99.0 Å². The van der Waals surface area contributed by atoms with Crippen molar-refractivity contribution in [2.75, 3.05) is 14.2 Å². The average molecular weight is 239 g/mol. The Hall–Kier alpha value is -2.04. The molecule has 0 fully saturated rings. The Kier molecular flexibility index (Phi) is 4.51. The van der Waals surface area contributed by atoms with Gasteiger partial charge in [-0.2, -0.15) is 0 Å². The summed E-state index contributed by atoms with van der Waals surface area (Å²) in [6, 6.07) is 2.70. The molecule has 0 aliphatic carbocycles. The Morgan fingerprint density at radius 2 is 2.00 bits per heavy atom. The number of carbonyl (C=O) groups excluding carboxylic acids is 1. The average Bonchev–Trinajstić information content (AvgIpc) is 2.36. The smallest absolute Gasteiger partial charge is 0.243 e. The fourth-order valence-corrected chi connectivity index (χ4v) is 1.29. The monoisotopic (exact) mass is 239 g/mol. The van der Waals surface area contributed by atoms with E-state index in [4.69, 9.17) is 9.47 Å². The number of hydrogen-bond donors (Lipinski definition) is 1. The van der Waals surface area contributed by atoms with Crippen molar-refractivity contribution in [1.29, 1.82) is 0 Å². The number of rotatable bonds is 5. The highest BCUT2D eigenvalue weighted by atomic mass is 19.1. The number of benzene rings is 1. The van der Waals surface area contributed by atoms with Gasteiger partial charge in [0.25, 0.3) is 0 Å². The molecule has 0 aromatic heterocycles. The molecule has 1 rings (SSSR count). The van der Waals surface area contributed by atoms with E-state index in [1.807, 2.05) is 0 Å². The summed E-state index contributed by atoms with van der Waals surface area (Å²) in [4.78, 5) is 11.0. The predicted molar refractivity (Wildman–Crippen MR) is 61.5 cm³/mol. The Bertz CT molecular complexity index is 432. The van der Waals surface area contributed by atoms with Gasteiger partial charge in [0.05, 0.1) is 14.2 Å².